The monoisotopic (exact) mass is 383 g/mol. The summed E-state index contributed by atoms with van der Waals surface area (Å²) in [5.74, 6) is 0.582. The molecule has 3 N–H and O–H groups in total. The molecule has 2 aromatic heterocycles. The van der Waals surface area contributed by atoms with Crippen molar-refractivity contribution in [2.45, 2.75) is 31.5 Å². The first-order valence-electron chi connectivity index (χ1n) is 9.17. The van der Waals surface area contributed by atoms with Crippen LogP contribution in [0, 0.1) is 0 Å². The number of nitrogens with one attached hydrogen (secondary N) is 3. The number of amides is 3. The summed E-state index contributed by atoms with van der Waals surface area (Å²) in [5.41, 5.74) is -0.258. The molecule has 1 atom stereocenters. The van der Waals surface area contributed by atoms with Crippen molar-refractivity contribution in [3.63, 3.8) is 0 Å². The maximum absolute atomic E-state index is 12.5. The lowest BCUT2D eigenvalue weighted by Gasteiger charge is -2.39. The molecule has 4 rings (SSSR count). The zero-order valence-electron chi connectivity index (χ0n) is 15.2. The van der Waals surface area contributed by atoms with Crippen LogP contribution in [0.25, 0.3) is 0 Å². The van der Waals surface area contributed by atoms with Gasteiger partial charge in [-0.15, -0.1) is 0 Å². The van der Waals surface area contributed by atoms with Gasteiger partial charge in [0.05, 0.1) is 24.9 Å². The van der Waals surface area contributed by atoms with Gasteiger partial charge < -0.3 is 25.3 Å². The van der Waals surface area contributed by atoms with Crippen molar-refractivity contribution < 1.29 is 18.8 Å². The van der Waals surface area contributed by atoms with Gasteiger partial charge in [-0.25, -0.2) is 4.98 Å². The molecule has 1 saturated heterocycles. The largest absolute Gasteiger partial charge is 0.467 e. The number of hydrogen-bond donors (Lipinski definition) is 3. The van der Waals surface area contributed by atoms with E-state index >= 15 is 0 Å². The van der Waals surface area contributed by atoms with Crippen molar-refractivity contribution >= 4 is 23.5 Å². The molecule has 28 heavy (non-hydrogen) atoms. The van der Waals surface area contributed by atoms with Crippen LogP contribution in [-0.2, 0) is 16.1 Å². The van der Waals surface area contributed by atoms with Crippen molar-refractivity contribution in [1.82, 2.24) is 20.5 Å². The van der Waals surface area contributed by atoms with Crippen molar-refractivity contribution in [2.24, 2.45) is 0 Å². The average Bonchev–Trinajstić information content (AvgIpc) is 3.17. The van der Waals surface area contributed by atoms with Crippen LogP contribution >= 0.6 is 0 Å². The van der Waals surface area contributed by atoms with Crippen LogP contribution in [0.1, 0.15) is 35.4 Å². The second kappa shape index (κ2) is 7.34. The van der Waals surface area contributed by atoms with Gasteiger partial charge in [0, 0.05) is 25.6 Å². The zero-order valence-corrected chi connectivity index (χ0v) is 15.2. The van der Waals surface area contributed by atoms with E-state index < -0.39 is 5.66 Å². The minimum absolute atomic E-state index is 0.0294. The second-order valence-electron chi connectivity index (χ2n) is 6.98. The standard InChI is InChI=1S/C19H21N5O4/c25-15(21-11-13-3-2-10-28-13)12-24-9-7-19(6-5-16(24)26)22-17-14(18(27)23-19)4-1-8-20-17/h1-4,8,10H,5-7,9,11-12H2,(H,20,22)(H,21,25)(H,23,27). The summed E-state index contributed by atoms with van der Waals surface area (Å²) in [5, 5.41) is 9.01. The molecule has 1 unspecified atom stereocenters. The number of furan rings is 1. The van der Waals surface area contributed by atoms with Crippen LogP contribution in [0.5, 0.6) is 0 Å². The molecular formula is C19H21N5O4. The molecule has 2 aliphatic heterocycles. The quantitative estimate of drug-likeness (QED) is 0.721. The third kappa shape index (κ3) is 3.68. The minimum atomic E-state index is -0.743. The highest BCUT2D eigenvalue weighted by Crippen LogP contribution is 2.30. The predicted molar refractivity (Wildman–Crippen MR) is 99.0 cm³/mol. The SMILES string of the molecule is O=C(CN1CCC2(CCC1=O)NC(=O)c1cccnc1N2)NCc1ccco1. The molecule has 1 spiro atoms. The van der Waals surface area contributed by atoms with Crippen molar-refractivity contribution in [1.29, 1.82) is 0 Å². The number of fused-ring (bicyclic) bond motifs is 1. The Morgan fingerprint density at radius 3 is 2.96 bits per heavy atom. The van der Waals surface area contributed by atoms with Gasteiger partial charge in [0.25, 0.3) is 5.91 Å². The fourth-order valence-electron chi connectivity index (χ4n) is 3.53. The molecule has 2 aliphatic rings. The number of aromatic nitrogens is 1. The topological polar surface area (TPSA) is 117 Å². The number of hydrogen-bond acceptors (Lipinski definition) is 6. The molecule has 1 fully saturated rings. The Bertz CT molecular complexity index is 897. The summed E-state index contributed by atoms with van der Waals surface area (Å²) in [6.07, 6.45) is 4.29. The molecule has 9 heteroatoms. The van der Waals surface area contributed by atoms with E-state index in [4.69, 9.17) is 4.42 Å². The predicted octanol–water partition coefficient (Wildman–Crippen LogP) is 0.855. The summed E-state index contributed by atoms with van der Waals surface area (Å²) in [6, 6.07) is 6.93. The molecule has 0 bridgehead atoms. The van der Waals surface area contributed by atoms with E-state index in [1.165, 1.54) is 11.2 Å². The van der Waals surface area contributed by atoms with Crippen molar-refractivity contribution in [2.75, 3.05) is 18.4 Å². The molecular weight excluding hydrogens is 362 g/mol. The molecule has 0 radical (unpaired) electrons. The molecule has 0 aliphatic carbocycles. The number of likely N-dealkylation sites (tertiary alicyclic amines) is 1. The van der Waals surface area contributed by atoms with Gasteiger partial charge in [-0.1, -0.05) is 0 Å². The number of carbonyl (C=O) groups is 3. The van der Waals surface area contributed by atoms with E-state index in [9.17, 15) is 14.4 Å². The fraction of sp³-hybridized carbons (Fsp3) is 0.368. The first-order valence-corrected chi connectivity index (χ1v) is 9.17. The maximum atomic E-state index is 12.5. The van der Waals surface area contributed by atoms with E-state index in [0.29, 0.717) is 36.5 Å². The normalized spacial score (nSPS) is 21.5. The Morgan fingerprint density at radius 1 is 1.25 bits per heavy atom. The number of nitrogens with zero attached hydrogens (tertiary/aromatic N) is 2. The van der Waals surface area contributed by atoms with Crippen LogP contribution < -0.4 is 16.0 Å². The number of anilines is 1. The highest BCUT2D eigenvalue weighted by Gasteiger charge is 2.41. The maximum Gasteiger partial charge on any atom is 0.256 e. The Hall–Kier alpha value is -3.36. The fourth-order valence-corrected chi connectivity index (χ4v) is 3.53. The zero-order chi connectivity index (χ0) is 19.6. The number of pyridine rings is 1. The number of carbonyl (C=O) groups excluding carboxylic acids is 3. The van der Waals surface area contributed by atoms with Crippen LogP contribution in [0.2, 0.25) is 0 Å². The van der Waals surface area contributed by atoms with E-state index in [1.54, 1.807) is 30.5 Å². The van der Waals surface area contributed by atoms with Crippen molar-refractivity contribution in [3.05, 3.63) is 48.0 Å². The lowest BCUT2D eigenvalue weighted by molar-refractivity contribution is -0.135. The Kier molecular flexibility index (Phi) is 4.72. The van der Waals surface area contributed by atoms with Gasteiger partial charge in [0.1, 0.15) is 17.2 Å². The summed E-state index contributed by atoms with van der Waals surface area (Å²) < 4.78 is 5.18. The smallest absolute Gasteiger partial charge is 0.256 e. The average molecular weight is 383 g/mol. The summed E-state index contributed by atoms with van der Waals surface area (Å²) in [4.78, 5) is 42.9. The van der Waals surface area contributed by atoms with Crippen molar-refractivity contribution in [3.8, 4) is 0 Å². The summed E-state index contributed by atoms with van der Waals surface area (Å²) in [7, 11) is 0. The molecule has 9 nitrogen and oxygen atoms in total. The minimum Gasteiger partial charge on any atom is -0.467 e. The van der Waals surface area contributed by atoms with E-state index in [2.05, 4.69) is 20.9 Å². The molecule has 2 aromatic rings. The Labute approximate surface area is 161 Å². The van der Waals surface area contributed by atoms with Gasteiger partial charge >= 0.3 is 0 Å². The van der Waals surface area contributed by atoms with Crippen LogP contribution in [0.3, 0.4) is 0 Å². The lowest BCUT2D eigenvalue weighted by Crippen LogP contribution is -2.58. The third-order valence-corrected chi connectivity index (χ3v) is 5.06. The molecule has 3 amide bonds. The molecule has 0 aromatic carbocycles. The Morgan fingerprint density at radius 2 is 2.14 bits per heavy atom. The van der Waals surface area contributed by atoms with Gasteiger partial charge in [-0.3, -0.25) is 14.4 Å². The summed E-state index contributed by atoms with van der Waals surface area (Å²) in [6.45, 7) is 0.596. The molecule has 0 saturated carbocycles. The molecule has 146 valence electrons. The van der Waals surface area contributed by atoms with Gasteiger partial charge in [0.15, 0.2) is 0 Å². The van der Waals surface area contributed by atoms with E-state index in [-0.39, 0.29) is 37.2 Å². The van der Waals surface area contributed by atoms with E-state index in [1.807, 2.05) is 0 Å². The lowest BCUT2D eigenvalue weighted by atomic mass is 9.97. The third-order valence-electron chi connectivity index (χ3n) is 5.06. The van der Waals surface area contributed by atoms with Gasteiger partial charge in [-0.05, 0) is 30.7 Å². The second-order valence-corrected chi connectivity index (χ2v) is 6.98. The van der Waals surface area contributed by atoms with Gasteiger partial charge in [0.2, 0.25) is 11.8 Å². The summed E-state index contributed by atoms with van der Waals surface area (Å²) >= 11 is 0. The first kappa shape index (κ1) is 18.0. The first-order chi connectivity index (χ1) is 13.5. The van der Waals surface area contributed by atoms with Crippen LogP contribution in [0.15, 0.2) is 41.1 Å². The number of rotatable bonds is 4. The van der Waals surface area contributed by atoms with Crippen LogP contribution in [-0.4, -0.2) is 46.4 Å². The van der Waals surface area contributed by atoms with Crippen LogP contribution in [0.4, 0.5) is 5.82 Å². The molecule has 4 heterocycles. The van der Waals surface area contributed by atoms with E-state index in [0.717, 1.165) is 0 Å². The van der Waals surface area contributed by atoms with Gasteiger partial charge in [-0.2, -0.15) is 0 Å². The highest BCUT2D eigenvalue weighted by molar-refractivity contribution is 6.01. The Balaban J connectivity index is 1.39. The highest BCUT2D eigenvalue weighted by atomic mass is 16.3.